The van der Waals surface area contributed by atoms with Crippen LogP contribution in [0.15, 0.2) is 0 Å². The molecule has 1 nitrogen and oxygen atoms in total. The quantitative estimate of drug-likeness (QED) is 0.472. The molecule has 0 radical (unpaired) electrons. The van der Waals surface area contributed by atoms with E-state index in [0.29, 0.717) is 17.5 Å². The Morgan fingerprint density at radius 2 is 2.56 bits per heavy atom. The molecule has 0 bridgehead atoms. The average Bonchev–Trinajstić information content (AvgIpc) is 1.90. The van der Waals surface area contributed by atoms with Gasteiger partial charge in [-0.3, -0.25) is 4.79 Å². The summed E-state index contributed by atoms with van der Waals surface area (Å²) in [4.78, 5) is 10.6. The molecule has 0 aromatic rings. The maximum Gasteiger partial charge on any atom is 0.189 e. The number of carbonyl (C=O) groups excluding carboxylic acids is 1. The average molecular weight is 140 g/mol. The van der Waals surface area contributed by atoms with E-state index in [1.165, 1.54) is 11.8 Å². The van der Waals surface area contributed by atoms with Gasteiger partial charge in [-0.2, -0.15) is 0 Å². The van der Waals surface area contributed by atoms with Crippen molar-refractivity contribution in [2.75, 3.05) is 5.75 Å². The largest absolute Gasteiger partial charge is 0.287 e. The summed E-state index contributed by atoms with van der Waals surface area (Å²) in [7, 11) is 0. The second kappa shape index (κ2) is 2.93. The van der Waals surface area contributed by atoms with Crippen LogP contribution in [-0.2, 0) is 4.79 Å². The monoisotopic (exact) mass is 140 g/mol. The Bertz CT molecular complexity index is 147. The molecule has 0 aliphatic carbocycles. The Labute approximate surface area is 59.2 Å². The van der Waals surface area contributed by atoms with Gasteiger partial charge in [0.05, 0.1) is 0 Å². The Morgan fingerprint density at radius 1 is 1.78 bits per heavy atom. The summed E-state index contributed by atoms with van der Waals surface area (Å²) in [5.74, 6) is 3.82. The first-order valence-electron chi connectivity index (χ1n) is 2.94. The number of hydrogen-bond acceptors (Lipinski definition) is 2. The third kappa shape index (κ3) is 1.76. The van der Waals surface area contributed by atoms with E-state index in [4.69, 9.17) is 6.42 Å². The van der Waals surface area contributed by atoms with Gasteiger partial charge in [-0.15, -0.1) is 12.3 Å². The smallest absolute Gasteiger partial charge is 0.189 e. The lowest BCUT2D eigenvalue weighted by molar-refractivity contribution is -0.111. The first-order chi connectivity index (χ1) is 4.33. The van der Waals surface area contributed by atoms with Crippen molar-refractivity contribution in [1.29, 1.82) is 0 Å². The predicted molar refractivity (Wildman–Crippen MR) is 39.0 cm³/mol. The minimum absolute atomic E-state index is 0.293. The fourth-order valence-corrected chi connectivity index (χ4v) is 1.68. The van der Waals surface area contributed by atoms with Crippen molar-refractivity contribution in [2.45, 2.75) is 12.8 Å². The van der Waals surface area contributed by atoms with Crippen molar-refractivity contribution in [3.05, 3.63) is 0 Å². The van der Waals surface area contributed by atoms with E-state index in [1.54, 1.807) is 0 Å². The first kappa shape index (κ1) is 6.70. The van der Waals surface area contributed by atoms with Gasteiger partial charge >= 0.3 is 0 Å². The highest BCUT2D eigenvalue weighted by Crippen LogP contribution is 2.22. The first-order valence-corrected chi connectivity index (χ1v) is 3.93. The van der Waals surface area contributed by atoms with E-state index >= 15 is 0 Å². The van der Waals surface area contributed by atoms with E-state index in [1.807, 2.05) is 0 Å². The standard InChI is InChI=1S/C7H8OS/c1-2-6-3-4-7(8)9-5-6/h1,6H,3-5H2. The van der Waals surface area contributed by atoms with Crippen LogP contribution in [0.2, 0.25) is 0 Å². The van der Waals surface area contributed by atoms with Crippen molar-refractivity contribution in [3.63, 3.8) is 0 Å². The van der Waals surface area contributed by atoms with Crippen molar-refractivity contribution in [3.8, 4) is 12.3 Å². The Hall–Kier alpha value is -0.420. The van der Waals surface area contributed by atoms with E-state index in [-0.39, 0.29) is 0 Å². The molecule has 0 N–H and O–H groups in total. The molecule has 2 heteroatoms. The number of hydrogen-bond donors (Lipinski definition) is 0. The van der Waals surface area contributed by atoms with E-state index in [2.05, 4.69) is 5.92 Å². The minimum Gasteiger partial charge on any atom is -0.287 e. The molecule has 1 aliphatic heterocycles. The molecule has 0 amide bonds. The van der Waals surface area contributed by atoms with E-state index in [9.17, 15) is 4.79 Å². The zero-order valence-electron chi connectivity index (χ0n) is 5.09. The van der Waals surface area contributed by atoms with Gasteiger partial charge in [0.25, 0.3) is 0 Å². The van der Waals surface area contributed by atoms with Gasteiger partial charge in [0, 0.05) is 18.1 Å². The van der Waals surface area contributed by atoms with Crippen LogP contribution in [0.25, 0.3) is 0 Å². The van der Waals surface area contributed by atoms with Crippen LogP contribution in [-0.4, -0.2) is 10.9 Å². The number of carbonyl (C=O) groups is 1. The molecule has 1 aliphatic rings. The summed E-state index contributed by atoms with van der Waals surface area (Å²) < 4.78 is 0. The van der Waals surface area contributed by atoms with Gasteiger partial charge in [0.1, 0.15) is 0 Å². The summed E-state index contributed by atoms with van der Waals surface area (Å²) in [5, 5.41) is 0.293. The lowest BCUT2D eigenvalue weighted by Gasteiger charge is -2.13. The van der Waals surface area contributed by atoms with Crippen LogP contribution < -0.4 is 0 Å². The second-order valence-electron chi connectivity index (χ2n) is 2.09. The fourth-order valence-electron chi connectivity index (χ4n) is 0.773. The van der Waals surface area contributed by atoms with Crippen LogP contribution >= 0.6 is 11.8 Å². The van der Waals surface area contributed by atoms with Gasteiger partial charge in [-0.25, -0.2) is 0 Å². The maximum atomic E-state index is 10.6. The zero-order valence-corrected chi connectivity index (χ0v) is 5.91. The fraction of sp³-hybridized carbons (Fsp3) is 0.571. The topological polar surface area (TPSA) is 17.1 Å². The maximum absolute atomic E-state index is 10.6. The van der Waals surface area contributed by atoms with Crippen LogP contribution in [0.5, 0.6) is 0 Å². The molecule has 0 spiro atoms. The predicted octanol–water partition coefficient (Wildman–Crippen LogP) is 1.29. The highest BCUT2D eigenvalue weighted by molar-refractivity contribution is 8.13. The van der Waals surface area contributed by atoms with Crippen molar-refractivity contribution in [1.82, 2.24) is 0 Å². The third-order valence-corrected chi connectivity index (χ3v) is 2.47. The molecular formula is C7H8OS. The zero-order chi connectivity index (χ0) is 6.69. The molecule has 1 unspecified atom stereocenters. The molecule has 1 atom stereocenters. The normalized spacial score (nSPS) is 27.4. The van der Waals surface area contributed by atoms with Crippen molar-refractivity contribution < 1.29 is 4.79 Å². The van der Waals surface area contributed by atoms with E-state index in [0.717, 1.165) is 12.2 Å². The minimum atomic E-state index is 0.293. The molecule has 48 valence electrons. The van der Waals surface area contributed by atoms with Gasteiger partial charge in [-0.05, 0) is 6.42 Å². The molecular weight excluding hydrogens is 132 g/mol. The number of terminal acetylenes is 1. The Balaban J connectivity index is 2.37. The number of thioether (sulfide) groups is 1. The summed E-state index contributed by atoms with van der Waals surface area (Å²) in [5.41, 5.74) is 0. The number of rotatable bonds is 0. The van der Waals surface area contributed by atoms with Gasteiger partial charge in [0.2, 0.25) is 0 Å². The third-order valence-electron chi connectivity index (χ3n) is 1.38. The molecule has 1 rings (SSSR count). The lowest BCUT2D eigenvalue weighted by atomic mass is 10.1. The van der Waals surface area contributed by atoms with Crippen molar-refractivity contribution >= 4 is 16.9 Å². The van der Waals surface area contributed by atoms with Crippen LogP contribution in [0.1, 0.15) is 12.8 Å². The highest BCUT2D eigenvalue weighted by Gasteiger charge is 2.16. The summed E-state index contributed by atoms with van der Waals surface area (Å²) in [6, 6.07) is 0. The Kier molecular flexibility index (Phi) is 2.18. The SMILES string of the molecule is C#CC1CCC(=O)SC1. The summed E-state index contributed by atoms with van der Waals surface area (Å²) in [6.07, 6.45) is 6.73. The molecule has 0 aromatic carbocycles. The molecule has 0 saturated carbocycles. The van der Waals surface area contributed by atoms with Crippen LogP contribution in [0.3, 0.4) is 0 Å². The summed E-state index contributed by atoms with van der Waals surface area (Å²) in [6.45, 7) is 0. The van der Waals surface area contributed by atoms with Crippen molar-refractivity contribution in [2.24, 2.45) is 5.92 Å². The molecule has 1 saturated heterocycles. The molecule has 1 fully saturated rings. The molecule has 9 heavy (non-hydrogen) atoms. The summed E-state index contributed by atoms with van der Waals surface area (Å²) >= 11 is 1.37. The highest BCUT2D eigenvalue weighted by atomic mass is 32.2. The van der Waals surface area contributed by atoms with E-state index < -0.39 is 0 Å². The van der Waals surface area contributed by atoms with Gasteiger partial charge in [-0.1, -0.05) is 11.8 Å². The lowest BCUT2D eigenvalue weighted by Crippen LogP contribution is -2.11. The van der Waals surface area contributed by atoms with Gasteiger partial charge < -0.3 is 0 Å². The Morgan fingerprint density at radius 3 is 3.00 bits per heavy atom. The second-order valence-corrected chi connectivity index (χ2v) is 3.16. The molecule has 0 aromatic heterocycles. The van der Waals surface area contributed by atoms with Crippen LogP contribution in [0.4, 0.5) is 0 Å². The van der Waals surface area contributed by atoms with Crippen LogP contribution in [0, 0.1) is 18.3 Å². The van der Waals surface area contributed by atoms with Gasteiger partial charge in [0.15, 0.2) is 5.12 Å². The molecule has 1 heterocycles.